The van der Waals surface area contributed by atoms with E-state index in [1.165, 1.54) is 17.2 Å². The van der Waals surface area contributed by atoms with E-state index in [1.54, 1.807) is 0 Å². The van der Waals surface area contributed by atoms with Crippen molar-refractivity contribution < 1.29 is 20.1 Å². The molecule has 1 aliphatic heterocycles. The maximum Gasteiger partial charge on any atom is 0.261 e. The van der Waals surface area contributed by atoms with Crippen LogP contribution in [0.3, 0.4) is 0 Å². The number of rotatable bonds is 2. The van der Waals surface area contributed by atoms with Crippen molar-refractivity contribution in [3.8, 4) is 0 Å². The number of ether oxygens (including phenoxy) is 1. The SMILES string of the molecule is Nc1ncnc2c1c1c(=O)[nH]cnc1n2C1O[C@H](CO)[C@@H](O)[C@H]1O. The number of anilines is 1. The van der Waals surface area contributed by atoms with Crippen LogP contribution < -0.4 is 11.3 Å². The molecule has 3 aromatic rings. The van der Waals surface area contributed by atoms with Crippen molar-refractivity contribution in [2.75, 3.05) is 12.3 Å². The number of H-pyrrole nitrogens is 1. The Kier molecular flexibility index (Phi) is 3.25. The average molecular weight is 334 g/mol. The maximum atomic E-state index is 12.2. The molecule has 0 radical (unpaired) electrons. The first kappa shape index (κ1) is 15.0. The molecule has 3 aromatic heterocycles. The number of hydrogen-bond donors (Lipinski definition) is 5. The van der Waals surface area contributed by atoms with Crippen LogP contribution in [0.25, 0.3) is 22.1 Å². The van der Waals surface area contributed by atoms with Crippen molar-refractivity contribution in [1.82, 2.24) is 24.5 Å². The van der Waals surface area contributed by atoms with E-state index >= 15 is 0 Å². The number of aromatic amines is 1. The zero-order valence-electron chi connectivity index (χ0n) is 12.2. The van der Waals surface area contributed by atoms with Gasteiger partial charge in [-0.1, -0.05) is 0 Å². The van der Waals surface area contributed by atoms with Crippen LogP contribution in [0.1, 0.15) is 6.23 Å². The van der Waals surface area contributed by atoms with Gasteiger partial charge in [-0.2, -0.15) is 0 Å². The molecule has 1 aliphatic rings. The summed E-state index contributed by atoms with van der Waals surface area (Å²) in [6.45, 7) is -0.475. The van der Waals surface area contributed by atoms with Crippen molar-refractivity contribution in [1.29, 1.82) is 0 Å². The van der Waals surface area contributed by atoms with Crippen LogP contribution in [0.5, 0.6) is 0 Å². The Labute approximate surface area is 133 Å². The molecule has 4 atom stereocenters. The maximum absolute atomic E-state index is 12.2. The number of nitrogen functional groups attached to an aromatic ring is 1. The van der Waals surface area contributed by atoms with E-state index in [0.29, 0.717) is 0 Å². The summed E-state index contributed by atoms with van der Waals surface area (Å²) >= 11 is 0. The van der Waals surface area contributed by atoms with Gasteiger partial charge >= 0.3 is 0 Å². The third-order valence-electron chi connectivity index (χ3n) is 4.17. The lowest BCUT2D eigenvalue weighted by molar-refractivity contribution is -0.0492. The van der Waals surface area contributed by atoms with E-state index in [1.807, 2.05) is 0 Å². The summed E-state index contributed by atoms with van der Waals surface area (Å²) in [5, 5.41) is 30.0. The molecule has 1 saturated heterocycles. The fourth-order valence-electron chi connectivity index (χ4n) is 3.04. The van der Waals surface area contributed by atoms with Gasteiger partial charge in [-0.3, -0.25) is 9.36 Å². The summed E-state index contributed by atoms with van der Waals surface area (Å²) in [6, 6.07) is 0. The summed E-state index contributed by atoms with van der Waals surface area (Å²) in [4.78, 5) is 26.8. The standard InChI is InChI=1S/C13H14N6O5/c14-9-5-6-11(17-3-18-12(6)23)19(10(5)16-2-15-9)13-8(22)7(21)4(1-20)24-13/h2-4,7-8,13,20-22H,1H2,(H2,14,15,16)(H,17,18,23)/t4-,7-,8-,13?/m1/s1. The van der Waals surface area contributed by atoms with E-state index in [0.717, 1.165) is 0 Å². The lowest BCUT2D eigenvalue weighted by Gasteiger charge is -2.17. The lowest BCUT2D eigenvalue weighted by Crippen LogP contribution is -2.33. The number of hydrogen-bond acceptors (Lipinski definition) is 9. The van der Waals surface area contributed by atoms with Gasteiger partial charge in [0.25, 0.3) is 5.56 Å². The molecule has 0 spiro atoms. The Morgan fingerprint density at radius 1 is 1.21 bits per heavy atom. The quantitative estimate of drug-likeness (QED) is 0.350. The van der Waals surface area contributed by atoms with Gasteiger partial charge in [0.1, 0.15) is 36.1 Å². The van der Waals surface area contributed by atoms with Crippen LogP contribution in [0, 0.1) is 0 Å². The Morgan fingerprint density at radius 2 is 1.96 bits per heavy atom. The van der Waals surface area contributed by atoms with Crippen molar-refractivity contribution in [3.05, 3.63) is 23.0 Å². The second-order valence-corrected chi connectivity index (χ2v) is 5.49. The van der Waals surface area contributed by atoms with Crippen LogP contribution in [0.4, 0.5) is 5.82 Å². The van der Waals surface area contributed by atoms with E-state index < -0.39 is 36.7 Å². The third-order valence-corrected chi connectivity index (χ3v) is 4.17. The number of fused-ring (bicyclic) bond motifs is 3. The van der Waals surface area contributed by atoms with Gasteiger partial charge < -0.3 is 30.8 Å². The predicted octanol–water partition coefficient (Wildman–Crippen LogP) is -2.14. The summed E-state index contributed by atoms with van der Waals surface area (Å²) in [5.41, 5.74) is 5.84. The molecule has 0 aliphatic carbocycles. The van der Waals surface area contributed by atoms with Crippen molar-refractivity contribution in [2.45, 2.75) is 24.5 Å². The van der Waals surface area contributed by atoms with Gasteiger partial charge in [0.15, 0.2) is 11.9 Å². The molecule has 6 N–H and O–H groups in total. The predicted molar refractivity (Wildman–Crippen MR) is 80.9 cm³/mol. The zero-order valence-corrected chi connectivity index (χ0v) is 12.2. The highest BCUT2D eigenvalue weighted by atomic mass is 16.6. The molecule has 1 unspecified atom stereocenters. The molecule has 126 valence electrons. The molecule has 0 bridgehead atoms. The Bertz CT molecular complexity index is 984. The summed E-state index contributed by atoms with van der Waals surface area (Å²) in [7, 11) is 0. The minimum atomic E-state index is -1.35. The summed E-state index contributed by atoms with van der Waals surface area (Å²) in [6.07, 6.45) is -2.31. The monoisotopic (exact) mass is 334 g/mol. The first-order valence-electron chi connectivity index (χ1n) is 7.14. The molecule has 4 rings (SSSR count). The highest BCUT2D eigenvalue weighted by molar-refractivity contribution is 6.09. The molecular formula is C13H14N6O5. The lowest BCUT2D eigenvalue weighted by atomic mass is 10.1. The molecule has 11 heteroatoms. The van der Waals surface area contributed by atoms with Gasteiger partial charge in [0.05, 0.1) is 23.7 Å². The first-order chi connectivity index (χ1) is 11.5. The molecule has 4 heterocycles. The van der Waals surface area contributed by atoms with Gasteiger partial charge in [-0.15, -0.1) is 0 Å². The summed E-state index contributed by atoms with van der Waals surface area (Å²) < 4.78 is 6.91. The smallest absolute Gasteiger partial charge is 0.261 e. The topological polar surface area (TPSA) is 172 Å². The average Bonchev–Trinajstić information content (AvgIpc) is 3.05. The second-order valence-electron chi connectivity index (χ2n) is 5.49. The Hall–Kier alpha value is -2.60. The van der Waals surface area contributed by atoms with E-state index in [9.17, 15) is 20.1 Å². The van der Waals surface area contributed by atoms with Crippen molar-refractivity contribution >= 4 is 27.9 Å². The Balaban J connectivity index is 2.07. The number of aromatic nitrogens is 5. The van der Waals surface area contributed by atoms with E-state index in [2.05, 4.69) is 19.9 Å². The Morgan fingerprint density at radius 3 is 2.67 bits per heavy atom. The van der Waals surface area contributed by atoms with Gasteiger partial charge in [-0.25, -0.2) is 15.0 Å². The van der Waals surface area contributed by atoms with E-state index in [4.69, 9.17) is 10.5 Å². The number of aliphatic hydroxyl groups is 3. The molecule has 1 fully saturated rings. The second kappa shape index (κ2) is 5.21. The molecular weight excluding hydrogens is 320 g/mol. The van der Waals surface area contributed by atoms with Gasteiger partial charge in [-0.05, 0) is 0 Å². The largest absolute Gasteiger partial charge is 0.394 e. The number of nitrogens with two attached hydrogens (primary N) is 1. The van der Waals surface area contributed by atoms with Crippen molar-refractivity contribution in [3.63, 3.8) is 0 Å². The van der Waals surface area contributed by atoms with Crippen LogP contribution in [0.15, 0.2) is 17.4 Å². The number of nitrogens with one attached hydrogen (secondary N) is 1. The van der Waals surface area contributed by atoms with Crippen molar-refractivity contribution in [2.24, 2.45) is 0 Å². The van der Waals surface area contributed by atoms with Crippen LogP contribution in [-0.2, 0) is 4.74 Å². The van der Waals surface area contributed by atoms with Crippen LogP contribution in [-0.4, -0.2) is 64.7 Å². The van der Waals surface area contributed by atoms with Gasteiger partial charge in [0.2, 0.25) is 0 Å². The van der Waals surface area contributed by atoms with Crippen LogP contribution >= 0.6 is 0 Å². The number of nitrogens with zero attached hydrogens (tertiary/aromatic N) is 4. The third kappa shape index (κ3) is 1.86. The minimum absolute atomic E-state index is 0.0778. The molecule has 24 heavy (non-hydrogen) atoms. The first-order valence-corrected chi connectivity index (χ1v) is 7.14. The van der Waals surface area contributed by atoms with Gasteiger partial charge in [0, 0.05) is 0 Å². The number of aliphatic hydroxyl groups excluding tert-OH is 3. The minimum Gasteiger partial charge on any atom is -0.394 e. The zero-order chi connectivity index (χ0) is 17.0. The normalized spacial score (nSPS) is 27.3. The molecule has 11 nitrogen and oxygen atoms in total. The fourth-order valence-corrected chi connectivity index (χ4v) is 3.04. The highest BCUT2D eigenvalue weighted by Crippen LogP contribution is 2.36. The highest BCUT2D eigenvalue weighted by Gasteiger charge is 2.45. The molecule has 0 amide bonds. The molecule has 0 saturated carbocycles. The molecule has 0 aromatic carbocycles. The summed E-state index contributed by atoms with van der Waals surface area (Å²) in [5.74, 6) is 0.0778. The van der Waals surface area contributed by atoms with E-state index in [-0.39, 0.29) is 27.9 Å². The fraction of sp³-hybridized carbons (Fsp3) is 0.385. The van der Waals surface area contributed by atoms with Crippen LogP contribution in [0.2, 0.25) is 0 Å².